The molecule has 0 radical (unpaired) electrons. The van der Waals surface area contributed by atoms with E-state index in [0.717, 1.165) is 11.3 Å². The molecular weight excluding hydrogens is 262 g/mol. The summed E-state index contributed by atoms with van der Waals surface area (Å²) in [7, 11) is 0. The highest BCUT2D eigenvalue weighted by Gasteiger charge is 2.04. The van der Waals surface area contributed by atoms with Crippen LogP contribution in [0.5, 0.6) is 5.75 Å². The molecule has 0 aliphatic heterocycles. The van der Waals surface area contributed by atoms with Gasteiger partial charge in [-0.05, 0) is 48.2 Å². The molecule has 0 saturated heterocycles. The maximum Gasteiger partial charge on any atom is 0.269 e. The van der Waals surface area contributed by atoms with E-state index in [2.05, 4.69) is 0 Å². The average Bonchev–Trinajstić information content (AvgIpc) is 2.46. The third kappa shape index (κ3) is 3.72. The summed E-state index contributed by atoms with van der Waals surface area (Å²) < 4.78 is 5.61. The lowest BCUT2D eigenvalue weighted by Gasteiger charge is -2.06. The molecule has 0 N–H and O–H groups in total. The largest absolute Gasteiger partial charge is 0.489 e. The minimum Gasteiger partial charge on any atom is -0.489 e. The molecule has 0 atom stereocenters. The molecule has 2 rings (SSSR count). The van der Waals surface area contributed by atoms with Gasteiger partial charge in [0, 0.05) is 17.0 Å². The number of thioether (sulfide) groups is 1. The number of rotatable bonds is 5. The van der Waals surface area contributed by atoms with Gasteiger partial charge in [-0.25, -0.2) is 0 Å². The first kappa shape index (κ1) is 13.4. The lowest BCUT2D eigenvalue weighted by molar-refractivity contribution is -0.384. The Kier molecular flexibility index (Phi) is 4.41. The first-order valence-corrected chi connectivity index (χ1v) is 6.91. The van der Waals surface area contributed by atoms with Crippen molar-refractivity contribution in [1.29, 1.82) is 0 Å². The SMILES string of the molecule is CSc1ccc(OCc2ccc([N+](=O)[O-])cc2)cc1. The normalized spacial score (nSPS) is 10.2. The van der Waals surface area contributed by atoms with Crippen molar-refractivity contribution >= 4 is 17.4 Å². The zero-order chi connectivity index (χ0) is 13.7. The Hall–Kier alpha value is -2.01. The number of hydrogen-bond acceptors (Lipinski definition) is 4. The molecule has 19 heavy (non-hydrogen) atoms. The second-order valence-electron chi connectivity index (χ2n) is 3.89. The molecule has 0 aliphatic carbocycles. The quantitative estimate of drug-likeness (QED) is 0.472. The molecule has 2 aromatic rings. The minimum atomic E-state index is -0.411. The first-order valence-electron chi connectivity index (χ1n) is 5.69. The number of ether oxygens (including phenoxy) is 1. The van der Waals surface area contributed by atoms with Crippen LogP contribution in [0.3, 0.4) is 0 Å². The topological polar surface area (TPSA) is 52.4 Å². The minimum absolute atomic E-state index is 0.0908. The predicted octanol–water partition coefficient (Wildman–Crippen LogP) is 3.90. The molecule has 0 heterocycles. The Morgan fingerprint density at radius 2 is 1.74 bits per heavy atom. The van der Waals surface area contributed by atoms with Gasteiger partial charge in [-0.15, -0.1) is 11.8 Å². The average molecular weight is 275 g/mol. The molecule has 0 unspecified atom stereocenters. The molecule has 0 amide bonds. The fourth-order valence-corrected chi connectivity index (χ4v) is 1.96. The van der Waals surface area contributed by atoms with Gasteiger partial charge in [0.25, 0.3) is 5.69 Å². The molecule has 5 heteroatoms. The molecule has 0 aromatic heterocycles. The van der Waals surface area contributed by atoms with Gasteiger partial charge in [-0.2, -0.15) is 0 Å². The highest BCUT2D eigenvalue weighted by molar-refractivity contribution is 7.98. The molecule has 2 aromatic carbocycles. The Morgan fingerprint density at radius 3 is 2.26 bits per heavy atom. The summed E-state index contributed by atoms with van der Waals surface area (Å²) >= 11 is 1.68. The number of benzene rings is 2. The molecule has 0 spiro atoms. The van der Waals surface area contributed by atoms with Crippen LogP contribution in [-0.4, -0.2) is 11.2 Å². The monoisotopic (exact) mass is 275 g/mol. The van der Waals surface area contributed by atoms with E-state index in [4.69, 9.17) is 4.74 Å². The van der Waals surface area contributed by atoms with Gasteiger partial charge >= 0.3 is 0 Å². The van der Waals surface area contributed by atoms with E-state index in [1.54, 1.807) is 23.9 Å². The molecule has 4 nitrogen and oxygen atoms in total. The Balaban J connectivity index is 1.95. The van der Waals surface area contributed by atoms with Crippen molar-refractivity contribution < 1.29 is 9.66 Å². The number of nitro benzene ring substituents is 1. The number of nitrogens with zero attached hydrogens (tertiary/aromatic N) is 1. The predicted molar refractivity (Wildman–Crippen MR) is 75.7 cm³/mol. The van der Waals surface area contributed by atoms with Gasteiger partial charge in [0.05, 0.1) is 4.92 Å². The molecule has 0 aliphatic rings. The van der Waals surface area contributed by atoms with Crippen LogP contribution in [0.15, 0.2) is 53.4 Å². The van der Waals surface area contributed by atoms with Crippen LogP contribution in [-0.2, 0) is 6.61 Å². The van der Waals surface area contributed by atoms with Gasteiger partial charge in [0.15, 0.2) is 0 Å². The maximum absolute atomic E-state index is 10.5. The van der Waals surface area contributed by atoms with Crippen LogP contribution >= 0.6 is 11.8 Å². The summed E-state index contributed by atoms with van der Waals surface area (Å²) in [5.74, 6) is 0.788. The molecule has 98 valence electrons. The van der Waals surface area contributed by atoms with Crippen molar-refractivity contribution in [2.75, 3.05) is 6.26 Å². The van der Waals surface area contributed by atoms with Gasteiger partial charge < -0.3 is 4.74 Å². The Morgan fingerprint density at radius 1 is 1.11 bits per heavy atom. The van der Waals surface area contributed by atoms with Gasteiger partial charge in [0.2, 0.25) is 0 Å². The first-order chi connectivity index (χ1) is 9.19. The van der Waals surface area contributed by atoms with Gasteiger partial charge in [0.1, 0.15) is 12.4 Å². The van der Waals surface area contributed by atoms with Crippen molar-refractivity contribution in [3.8, 4) is 5.75 Å². The van der Waals surface area contributed by atoms with E-state index in [9.17, 15) is 10.1 Å². The maximum atomic E-state index is 10.5. The Labute approximate surface area is 115 Å². The van der Waals surface area contributed by atoms with Crippen LogP contribution in [0.1, 0.15) is 5.56 Å². The van der Waals surface area contributed by atoms with Gasteiger partial charge in [-0.3, -0.25) is 10.1 Å². The van der Waals surface area contributed by atoms with Crippen molar-refractivity contribution in [1.82, 2.24) is 0 Å². The molecule has 0 saturated carbocycles. The molecule has 0 fully saturated rings. The summed E-state index contributed by atoms with van der Waals surface area (Å²) in [5, 5.41) is 10.5. The van der Waals surface area contributed by atoms with Crippen LogP contribution in [0.2, 0.25) is 0 Å². The van der Waals surface area contributed by atoms with Crippen molar-refractivity contribution in [2.24, 2.45) is 0 Å². The van der Waals surface area contributed by atoms with E-state index in [-0.39, 0.29) is 5.69 Å². The zero-order valence-electron chi connectivity index (χ0n) is 10.4. The third-order valence-electron chi connectivity index (χ3n) is 2.61. The second kappa shape index (κ2) is 6.24. The van der Waals surface area contributed by atoms with Crippen LogP contribution in [0, 0.1) is 10.1 Å². The number of nitro groups is 1. The molecule has 0 bridgehead atoms. The fraction of sp³-hybridized carbons (Fsp3) is 0.143. The van der Waals surface area contributed by atoms with Crippen LogP contribution < -0.4 is 4.74 Å². The van der Waals surface area contributed by atoms with E-state index in [0.29, 0.717) is 6.61 Å². The van der Waals surface area contributed by atoms with Crippen LogP contribution in [0.25, 0.3) is 0 Å². The number of hydrogen-bond donors (Lipinski definition) is 0. The summed E-state index contributed by atoms with van der Waals surface area (Å²) in [5.41, 5.74) is 0.993. The third-order valence-corrected chi connectivity index (χ3v) is 3.36. The summed E-state index contributed by atoms with van der Waals surface area (Å²) in [6.45, 7) is 0.399. The second-order valence-corrected chi connectivity index (χ2v) is 4.77. The van der Waals surface area contributed by atoms with E-state index >= 15 is 0 Å². The fourth-order valence-electron chi connectivity index (χ4n) is 1.55. The van der Waals surface area contributed by atoms with Crippen LogP contribution in [0.4, 0.5) is 5.69 Å². The van der Waals surface area contributed by atoms with Crippen molar-refractivity contribution in [3.05, 3.63) is 64.2 Å². The smallest absolute Gasteiger partial charge is 0.269 e. The highest BCUT2D eigenvalue weighted by Crippen LogP contribution is 2.20. The molecular formula is C14H13NO3S. The lowest BCUT2D eigenvalue weighted by Crippen LogP contribution is -1.96. The highest BCUT2D eigenvalue weighted by atomic mass is 32.2. The van der Waals surface area contributed by atoms with E-state index in [1.807, 2.05) is 30.5 Å². The summed E-state index contributed by atoms with van der Waals surface area (Å²) in [6.07, 6.45) is 2.02. The van der Waals surface area contributed by atoms with Crippen molar-refractivity contribution in [3.63, 3.8) is 0 Å². The summed E-state index contributed by atoms with van der Waals surface area (Å²) in [6, 6.07) is 14.2. The van der Waals surface area contributed by atoms with E-state index < -0.39 is 4.92 Å². The Bertz CT molecular complexity index is 552. The van der Waals surface area contributed by atoms with Gasteiger partial charge in [-0.1, -0.05) is 0 Å². The van der Waals surface area contributed by atoms with Crippen molar-refractivity contribution in [2.45, 2.75) is 11.5 Å². The zero-order valence-corrected chi connectivity index (χ0v) is 11.2. The van der Waals surface area contributed by atoms with E-state index in [1.165, 1.54) is 17.0 Å². The summed E-state index contributed by atoms with van der Waals surface area (Å²) in [4.78, 5) is 11.3. The number of non-ortho nitro benzene ring substituents is 1. The lowest BCUT2D eigenvalue weighted by atomic mass is 10.2. The standard InChI is InChI=1S/C14H13NO3S/c1-19-14-8-6-13(7-9-14)18-10-11-2-4-12(5-3-11)15(16)17/h2-9H,10H2,1H3.